The van der Waals surface area contributed by atoms with Crippen molar-refractivity contribution >= 4 is 6.08 Å². The van der Waals surface area contributed by atoms with Crippen LogP contribution in [-0.2, 0) is 0 Å². The average Bonchev–Trinajstić information content (AvgIpc) is 3.15. The van der Waals surface area contributed by atoms with Crippen molar-refractivity contribution in [2.24, 2.45) is 0 Å². The quantitative estimate of drug-likeness (QED) is 0.0622. The number of hydrogen-bond acceptors (Lipinski definition) is 1. The maximum absolute atomic E-state index is 4.40. The number of rotatable bonds is 13. The summed E-state index contributed by atoms with van der Waals surface area (Å²) < 4.78 is 0. The van der Waals surface area contributed by atoms with Gasteiger partial charge in [0.05, 0.1) is 5.69 Å². The van der Waals surface area contributed by atoms with Gasteiger partial charge in [0.2, 0.25) is 5.69 Å². The Morgan fingerprint density at radius 2 is 1.12 bits per heavy atom. The standard InChI is InChI=1S/C20H25N.C13H11N.C11H19.C5H8.6CH4.3ClH.4Li/c1-4-7-16(2)9-10-17(3)18-11-13-19(14-12-18)20-8-5-6-15-21-20;1-2-11-6-8-12(9-7-11)13-5-3-4-10-14-13;1-5-7-11(4)9-6-8-10(2)3;1-4-5(2)3;;;;;;;;;;;;;/h5-8,11-15,17H,4,9-10H2,1-3H3;2-10H,1H2;7-8H,2,5-6,9H2,1,3-4H3;4H,1-2H2,3H3;6*1H4;3*1H;;;;/q;;-1;;;;;;;;;;;4*+1/p-2/b16-7-;;10-8+,11-7-;;;;;;;;;;;;;;. The van der Waals surface area contributed by atoms with Crippen LogP contribution in [0.3, 0.4) is 0 Å². The third-order valence-corrected chi connectivity index (χ3v) is 8.06. The molecule has 0 amide bonds. The molecule has 2 nitrogen and oxygen atoms in total. The van der Waals surface area contributed by atoms with Crippen molar-refractivity contribution in [1.29, 1.82) is 0 Å². The Morgan fingerprint density at radius 3 is 1.52 bits per heavy atom. The van der Waals surface area contributed by atoms with Crippen molar-refractivity contribution in [3.05, 3.63) is 182 Å². The van der Waals surface area contributed by atoms with E-state index in [1.54, 1.807) is 6.08 Å². The van der Waals surface area contributed by atoms with Gasteiger partial charge < -0.3 is 37.2 Å². The van der Waals surface area contributed by atoms with E-state index in [0.717, 1.165) is 41.8 Å². The van der Waals surface area contributed by atoms with Gasteiger partial charge in [-0.1, -0.05) is 182 Å². The molecule has 4 rings (SSSR count). The van der Waals surface area contributed by atoms with E-state index in [0.29, 0.717) is 5.92 Å². The Labute approximate surface area is 466 Å². The van der Waals surface area contributed by atoms with Gasteiger partial charge in [0, 0.05) is 29.5 Å². The summed E-state index contributed by atoms with van der Waals surface area (Å²) in [6, 6.07) is 29.2. The third kappa shape index (κ3) is 46.8. The first kappa shape index (κ1) is 96.3. The first-order chi connectivity index (χ1) is 24.5. The Morgan fingerprint density at radius 1 is 0.656 bits per heavy atom. The van der Waals surface area contributed by atoms with E-state index in [9.17, 15) is 0 Å². The molecule has 1 unspecified atom stereocenters. The minimum Gasteiger partial charge on any atom is -1.00 e. The smallest absolute Gasteiger partial charge is 1.00 e. The fourth-order valence-electron chi connectivity index (χ4n) is 4.95. The number of aromatic amines is 1. The molecule has 0 aliphatic rings. The van der Waals surface area contributed by atoms with Crippen LogP contribution in [0.4, 0.5) is 0 Å². The molecule has 2 aromatic heterocycles. The zero-order valence-corrected chi connectivity index (χ0v) is 40.1. The first-order valence-electron chi connectivity index (χ1n) is 18.3. The van der Waals surface area contributed by atoms with E-state index >= 15 is 0 Å². The van der Waals surface area contributed by atoms with Crippen LogP contribution in [0.5, 0.6) is 0 Å². The van der Waals surface area contributed by atoms with Crippen LogP contribution >= 0.6 is 0 Å². The van der Waals surface area contributed by atoms with E-state index in [-0.39, 0.29) is 157 Å². The maximum atomic E-state index is 4.40. The molecule has 0 radical (unpaired) electrons. The number of allylic oxidation sites excluding steroid dienone is 8. The SMILES string of the molecule is C.C.C.C.C.C.C=CC(=C)C.C=Cc1ccc(-c2cccc[nH+]2)cc1.CC/C=C(/C)CCC(C)c1ccc(-c2ccccn2)cc1.[CH2-]/C(C)=C\CC/C(C)=C\CC.[Cl-].[Cl-].[Cl-].[Li+].[Li+].[Li+].[Li+]. The molecule has 0 aliphatic carbocycles. The van der Waals surface area contributed by atoms with Crippen molar-refractivity contribution < 1.29 is 118 Å². The zero-order chi connectivity index (χ0) is 37.9. The zero-order valence-electron chi connectivity index (χ0n) is 37.9. The number of halogens is 3. The second-order valence-corrected chi connectivity index (χ2v) is 12.9. The van der Waals surface area contributed by atoms with Gasteiger partial charge in [0.1, 0.15) is 0 Å². The van der Waals surface area contributed by atoms with Gasteiger partial charge >= 0.3 is 75.4 Å². The van der Waals surface area contributed by atoms with Crippen LogP contribution in [0.2, 0.25) is 0 Å². The topological polar surface area (TPSA) is 27.0 Å². The summed E-state index contributed by atoms with van der Waals surface area (Å²) in [4.78, 5) is 7.59. The predicted molar refractivity (Wildman–Crippen MR) is 268 cm³/mol. The monoisotopic (exact) mass is 910 g/mol. The molecule has 342 valence electrons. The summed E-state index contributed by atoms with van der Waals surface area (Å²) in [6.07, 6.45) is 21.2. The summed E-state index contributed by atoms with van der Waals surface area (Å²) in [6.45, 7) is 29.6. The van der Waals surface area contributed by atoms with E-state index in [1.165, 1.54) is 52.7 Å². The summed E-state index contributed by atoms with van der Waals surface area (Å²) in [5.41, 5.74) is 12.3. The molecular weight excluding hydrogens is 823 g/mol. The molecule has 2 aromatic carbocycles. The van der Waals surface area contributed by atoms with E-state index in [4.69, 9.17) is 0 Å². The number of pyridine rings is 2. The molecule has 0 saturated carbocycles. The number of hydrogen-bond donors (Lipinski definition) is 0. The van der Waals surface area contributed by atoms with Crippen LogP contribution in [-0.4, -0.2) is 4.98 Å². The Balaban J connectivity index is -0.0000000495. The van der Waals surface area contributed by atoms with E-state index in [2.05, 4.69) is 150 Å². The molecule has 1 atom stereocenters. The number of nitrogens with zero attached hydrogens (tertiary/aromatic N) is 1. The maximum Gasteiger partial charge on any atom is 1.00 e. The van der Waals surface area contributed by atoms with Crippen LogP contribution in [0.1, 0.15) is 149 Å². The number of aromatic nitrogens is 2. The predicted octanol–water partition coefficient (Wildman–Crippen LogP) is -2.70. The molecule has 4 aromatic rings. The summed E-state index contributed by atoms with van der Waals surface area (Å²) in [5, 5.41) is 0. The number of H-pyrrole nitrogens is 1. The van der Waals surface area contributed by atoms with E-state index in [1.807, 2.05) is 56.6 Å². The molecule has 0 saturated heterocycles. The van der Waals surface area contributed by atoms with Gasteiger partial charge in [-0.3, -0.25) is 4.98 Å². The normalized spacial score (nSPS) is 9.33. The molecule has 0 aliphatic heterocycles. The number of benzene rings is 2. The van der Waals surface area contributed by atoms with E-state index < -0.39 is 0 Å². The van der Waals surface area contributed by atoms with Crippen LogP contribution in [0.25, 0.3) is 28.6 Å². The second kappa shape index (κ2) is 61.3. The molecule has 0 bridgehead atoms. The molecule has 0 fully saturated rings. The van der Waals surface area contributed by atoms with Gasteiger partial charge in [-0.2, -0.15) is 0 Å². The van der Waals surface area contributed by atoms with Crippen LogP contribution < -0.4 is 118 Å². The summed E-state index contributed by atoms with van der Waals surface area (Å²) in [7, 11) is 0. The summed E-state index contributed by atoms with van der Waals surface area (Å²) >= 11 is 0. The van der Waals surface area contributed by atoms with Crippen molar-refractivity contribution in [3.63, 3.8) is 0 Å². The van der Waals surface area contributed by atoms with Crippen molar-refractivity contribution in [2.75, 3.05) is 0 Å². The molecule has 9 heteroatoms. The third-order valence-electron chi connectivity index (χ3n) is 8.06. The minimum atomic E-state index is 0. The van der Waals surface area contributed by atoms with Crippen molar-refractivity contribution in [3.8, 4) is 22.5 Å². The van der Waals surface area contributed by atoms with Crippen molar-refractivity contribution in [2.45, 2.75) is 137 Å². The number of nitrogens with one attached hydrogen (secondary N) is 1. The van der Waals surface area contributed by atoms with Crippen LogP contribution in [0.15, 0.2) is 164 Å². The van der Waals surface area contributed by atoms with Crippen molar-refractivity contribution in [1.82, 2.24) is 4.98 Å². The fourth-order valence-corrected chi connectivity index (χ4v) is 4.95. The Bertz CT molecular complexity index is 1660. The van der Waals surface area contributed by atoms with Gasteiger partial charge in [-0.05, 0) is 100 Å². The molecule has 0 spiro atoms. The molecular formula is C55H88Cl3Li4N2+. The summed E-state index contributed by atoms with van der Waals surface area (Å²) in [5.74, 6) is 0.600. The largest absolute Gasteiger partial charge is 1.00 e. The fraction of sp³-hybridized carbons (Fsp3) is 0.364. The van der Waals surface area contributed by atoms with Gasteiger partial charge in [-0.25, -0.2) is 23.6 Å². The van der Waals surface area contributed by atoms with Gasteiger partial charge in [0.25, 0.3) is 0 Å². The van der Waals surface area contributed by atoms with Gasteiger partial charge in [-0.15, -0.1) is 0 Å². The first-order valence-corrected chi connectivity index (χ1v) is 18.3. The van der Waals surface area contributed by atoms with Gasteiger partial charge in [0.15, 0.2) is 6.20 Å². The Hall–Kier alpha value is -1.69. The molecule has 1 N–H and O–H groups in total. The Kier molecular flexibility index (Phi) is 92.3. The average molecular weight is 911 g/mol. The molecule has 2 heterocycles. The second-order valence-electron chi connectivity index (χ2n) is 12.9. The van der Waals surface area contributed by atoms with Crippen LogP contribution in [0, 0.1) is 6.92 Å². The minimum absolute atomic E-state index is 0. The molecule has 64 heavy (non-hydrogen) atoms.